The number of methoxy groups -OCH3 is 1. The fourth-order valence-electron chi connectivity index (χ4n) is 2.54. The van der Waals surface area contributed by atoms with Gasteiger partial charge in [0.05, 0.1) is 24.5 Å². The van der Waals surface area contributed by atoms with Crippen LogP contribution in [0.25, 0.3) is 21.5 Å². The first-order chi connectivity index (χ1) is 13.1. The summed E-state index contributed by atoms with van der Waals surface area (Å²) in [7, 11) is 1.61. The standard InChI is InChI=1S/C18H14N4O3S2/c1-25-12-4-2-11(3-5-12)14-9-27-18(20-14)21-15(23)8-22-10-19-16-13(17(22)24)6-7-26-16/h2-7,9-10H,8H2,1H3,(H,20,21,23). The van der Waals surface area contributed by atoms with Gasteiger partial charge in [-0.1, -0.05) is 0 Å². The first-order valence-electron chi connectivity index (χ1n) is 7.96. The zero-order valence-corrected chi connectivity index (χ0v) is 15.8. The molecule has 4 aromatic rings. The van der Waals surface area contributed by atoms with Crippen molar-refractivity contribution >= 4 is 43.9 Å². The summed E-state index contributed by atoms with van der Waals surface area (Å²) < 4.78 is 6.44. The van der Waals surface area contributed by atoms with E-state index in [0.29, 0.717) is 15.3 Å². The molecular weight excluding hydrogens is 384 g/mol. The van der Waals surface area contributed by atoms with E-state index in [1.807, 2.05) is 29.6 Å². The van der Waals surface area contributed by atoms with Crippen LogP contribution in [-0.4, -0.2) is 27.6 Å². The van der Waals surface area contributed by atoms with E-state index >= 15 is 0 Å². The number of thiazole rings is 1. The lowest BCUT2D eigenvalue weighted by Crippen LogP contribution is -2.27. The third-order valence-electron chi connectivity index (χ3n) is 3.90. The van der Waals surface area contributed by atoms with Crippen LogP contribution in [0.5, 0.6) is 5.75 Å². The predicted molar refractivity (Wildman–Crippen MR) is 107 cm³/mol. The Morgan fingerprint density at radius 2 is 2.04 bits per heavy atom. The lowest BCUT2D eigenvalue weighted by atomic mass is 10.2. The van der Waals surface area contributed by atoms with Gasteiger partial charge in [-0.05, 0) is 35.7 Å². The van der Waals surface area contributed by atoms with Crippen LogP contribution >= 0.6 is 22.7 Å². The number of thiophene rings is 1. The normalized spacial score (nSPS) is 10.9. The maximum absolute atomic E-state index is 12.3. The number of hydrogen-bond acceptors (Lipinski definition) is 7. The molecule has 0 bridgehead atoms. The first-order valence-corrected chi connectivity index (χ1v) is 9.72. The van der Waals surface area contributed by atoms with E-state index < -0.39 is 0 Å². The SMILES string of the molecule is COc1ccc(-c2csc(NC(=O)Cn3cnc4sccc4c3=O)n2)cc1. The predicted octanol–water partition coefficient (Wildman–Crippen LogP) is 3.23. The number of aromatic nitrogens is 3. The van der Waals surface area contributed by atoms with Crippen LogP contribution in [0.4, 0.5) is 5.13 Å². The molecule has 0 aliphatic rings. The van der Waals surface area contributed by atoms with Gasteiger partial charge >= 0.3 is 0 Å². The van der Waals surface area contributed by atoms with Crippen LogP contribution in [0.2, 0.25) is 0 Å². The van der Waals surface area contributed by atoms with Crippen molar-refractivity contribution in [1.82, 2.24) is 14.5 Å². The number of amides is 1. The summed E-state index contributed by atoms with van der Waals surface area (Å²) in [5.41, 5.74) is 1.46. The molecular formula is C18H14N4O3S2. The van der Waals surface area contributed by atoms with Crippen molar-refractivity contribution in [1.29, 1.82) is 0 Å². The van der Waals surface area contributed by atoms with E-state index in [-0.39, 0.29) is 18.0 Å². The molecule has 3 heterocycles. The Kier molecular flexibility index (Phi) is 4.69. The van der Waals surface area contributed by atoms with Gasteiger partial charge in [0.15, 0.2) is 5.13 Å². The van der Waals surface area contributed by atoms with Gasteiger partial charge in [-0.3, -0.25) is 14.2 Å². The van der Waals surface area contributed by atoms with Crippen LogP contribution in [0.15, 0.2) is 52.2 Å². The second-order valence-corrected chi connectivity index (χ2v) is 7.38. The minimum atomic E-state index is -0.330. The van der Waals surface area contributed by atoms with E-state index in [2.05, 4.69) is 15.3 Å². The molecule has 1 aromatic carbocycles. The molecule has 4 rings (SSSR count). The molecule has 1 amide bonds. The van der Waals surface area contributed by atoms with Crippen LogP contribution in [0.1, 0.15) is 0 Å². The van der Waals surface area contributed by atoms with Crippen LogP contribution in [0.3, 0.4) is 0 Å². The molecule has 0 aliphatic heterocycles. The van der Waals surface area contributed by atoms with E-state index in [4.69, 9.17) is 4.74 Å². The van der Waals surface area contributed by atoms with Crippen molar-refractivity contribution in [3.63, 3.8) is 0 Å². The molecule has 0 saturated heterocycles. The number of benzene rings is 1. The highest BCUT2D eigenvalue weighted by Gasteiger charge is 2.11. The largest absolute Gasteiger partial charge is 0.497 e. The Hall–Kier alpha value is -3.04. The van der Waals surface area contributed by atoms with Gasteiger partial charge in [-0.15, -0.1) is 22.7 Å². The van der Waals surface area contributed by atoms with Gasteiger partial charge in [0, 0.05) is 10.9 Å². The molecule has 9 heteroatoms. The third kappa shape index (κ3) is 3.60. The van der Waals surface area contributed by atoms with E-state index in [9.17, 15) is 9.59 Å². The fourth-order valence-corrected chi connectivity index (χ4v) is 4.00. The maximum Gasteiger partial charge on any atom is 0.262 e. The number of carbonyl (C=O) groups is 1. The molecule has 0 radical (unpaired) electrons. The topological polar surface area (TPSA) is 86.1 Å². The summed E-state index contributed by atoms with van der Waals surface area (Å²) >= 11 is 2.72. The second-order valence-electron chi connectivity index (χ2n) is 5.63. The summed E-state index contributed by atoms with van der Waals surface area (Å²) in [5, 5.41) is 7.40. The molecule has 136 valence electrons. The molecule has 0 fully saturated rings. The Balaban J connectivity index is 1.47. The first kappa shape index (κ1) is 17.4. The molecule has 0 spiro atoms. The zero-order valence-electron chi connectivity index (χ0n) is 14.2. The van der Waals surface area contributed by atoms with Crippen LogP contribution < -0.4 is 15.6 Å². The maximum atomic E-state index is 12.3. The monoisotopic (exact) mass is 398 g/mol. The molecule has 27 heavy (non-hydrogen) atoms. The van der Waals surface area contributed by atoms with Crippen molar-refractivity contribution in [2.45, 2.75) is 6.54 Å². The van der Waals surface area contributed by atoms with Crippen molar-refractivity contribution in [3.8, 4) is 17.0 Å². The van der Waals surface area contributed by atoms with Gasteiger partial charge in [-0.2, -0.15) is 0 Å². The highest BCUT2D eigenvalue weighted by molar-refractivity contribution is 7.16. The van der Waals surface area contributed by atoms with Gasteiger partial charge in [0.2, 0.25) is 5.91 Å². The lowest BCUT2D eigenvalue weighted by molar-refractivity contribution is -0.116. The van der Waals surface area contributed by atoms with Gasteiger partial charge in [0.1, 0.15) is 17.1 Å². The molecule has 1 N–H and O–H groups in total. The second kappa shape index (κ2) is 7.29. The van der Waals surface area contributed by atoms with Gasteiger partial charge < -0.3 is 10.1 Å². The summed E-state index contributed by atoms with van der Waals surface area (Å²) in [4.78, 5) is 33.9. The van der Waals surface area contributed by atoms with Crippen molar-refractivity contribution in [2.24, 2.45) is 0 Å². The molecule has 3 aromatic heterocycles. The highest BCUT2D eigenvalue weighted by atomic mass is 32.1. The molecule has 7 nitrogen and oxygen atoms in total. The zero-order chi connectivity index (χ0) is 18.8. The summed E-state index contributed by atoms with van der Waals surface area (Å²) in [6.07, 6.45) is 1.39. The molecule has 0 aliphatic carbocycles. The van der Waals surface area contributed by atoms with Crippen LogP contribution in [0, 0.1) is 0 Å². The minimum absolute atomic E-state index is 0.116. The van der Waals surface area contributed by atoms with E-state index in [1.165, 1.54) is 33.6 Å². The minimum Gasteiger partial charge on any atom is -0.497 e. The van der Waals surface area contributed by atoms with E-state index in [1.54, 1.807) is 18.6 Å². The number of rotatable bonds is 5. The van der Waals surface area contributed by atoms with Crippen molar-refractivity contribution in [2.75, 3.05) is 12.4 Å². The molecule has 0 unspecified atom stereocenters. The number of ether oxygens (including phenoxy) is 1. The number of anilines is 1. The summed E-state index contributed by atoms with van der Waals surface area (Å²) in [5.74, 6) is 0.438. The number of nitrogens with one attached hydrogen (secondary N) is 1. The van der Waals surface area contributed by atoms with Gasteiger partial charge in [0.25, 0.3) is 5.56 Å². The Bertz CT molecular complexity index is 1160. The van der Waals surface area contributed by atoms with Crippen LogP contribution in [-0.2, 0) is 11.3 Å². The van der Waals surface area contributed by atoms with Crippen molar-refractivity contribution < 1.29 is 9.53 Å². The highest BCUT2D eigenvalue weighted by Crippen LogP contribution is 2.26. The fraction of sp³-hybridized carbons (Fsp3) is 0.111. The Labute approximate surface area is 161 Å². The van der Waals surface area contributed by atoms with Gasteiger partial charge in [-0.25, -0.2) is 9.97 Å². The third-order valence-corrected chi connectivity index (χ3v) is 5.48. The number of hydrogen-bond donors (Lipinski definition) is 1. The molecule has 0 atom stereocenters. The van der Waals surface area contributed by atoms with E-state index in [0.717, 1.165) is 17.0 Å². The average Bonchev–Trinajstić information content (AvgIpc) is 3.34. The Morgan fingerprint density at radius 3 is 2.81 bits per heavy atom. The summed E-state index contributed by atoms with van der Waals surface area (Å²) in [6, 6.07) is 9.23. The molecule has 0 saturated carbocycles. The number of fused-ring (bicyclic) bond motifs is 1. The summed E-state index contributed by atoms with van der Waals surface area (Å²) in [6.45, 7) is -0.116. The average molecular weight is 398 g/mol. The smallest absolute Gasteiger partial charge is 0.262 e. The number of nitrogens with zero attached hydrogens (tertiary/aromatic N) is 3. The Morgan fingerprint density at radius 1 is 1.22 bits per heavy atom. The lowest BCUT2D eigenvalue weighted by Gasteiger charge is -2.05. The quantitative estimate of drug-likeness (QED) is 0.558. The van der Waals surface area contributed by atoms with Crippen molar-refractivity contribution in [3.05, 3.63) is 57.8 Å². The number of carbonyl (C=O) groups excluding carboxylic acids is 1.